The predicted molar refractivity (Wildman–Crippen MR) is 95.1 cm³/mol. The van der Waals surface area contributed by atoms with Gasteiger partial charge in [-0.25, -0.2) is 10.1 Å². The average molecular weight is 435 g/mol. The maximum atomic E-state index is 14.0. The first-order chi connectivity index (χ1) is 13.8. The van der Waals surface area contributed by atoms with Crippen molar-refractivity contribution >= 4 is 11.7 Å². The van der Waals surface area contributed by atoms with Crippen LogP contribution in [0.25, 0.3) is 0 Å². The standard InChI is InChI=1S/C18H16F6N4O2/c1-27-13-12(14(29)28(2)15(27)30)16(17(19,20)21,18(22,23)24)26-11(25-13)9-8-10-6-4-3-5-7-10/h3-7H,8-9H2,1-2H3,(H,25,26)/p+1. The van der Waals surface area contributed by atoms with E-state index in [2.05, 4.69) is 5.32 Å². The monoisotopic (exact) mass is 435 g/mol. The molecular weight excluding hydrogens is 418 g/mol. The highest BCUT2D eigenvalue weighted by Crippen LogP contribution is 2.48. The summed E-state index contributed by atoms with van der Waals surface area (Å²) >= 11 is 0. The number of benzene rings is 1. The number of amidine groups is 1. The van der Waals surface area contributed by atoms with Crippen LogP contribution in [0.4, 0.5) is 32.2 Å². The summed E-state index contributed by atoms with van der Waals surface area (Å²) in [6.45, 7) is 0. The van der Waals surface area contributed by atoms with Gasteiger partial charge in [-0.2, -0.15) is 26.3 Å². The van der Waals surface area contributed by atoms with Gasteiger partial charge in [-0.1, -0.05) is 30.3 Å². The van der Waals surface area contributed by atoms with Gasteiger partial charge in [0.2, 0.25) is 11.7 Å². The third-order valence-corrected chi connectivity index (χ3v) is 5.00. The van der Waals surface area contributed by atoms with E-state index in [1.165, 1.54) is 4.99 Å². The minimum atomic E-state index is -5.93. The molecule has 2 heterocycles. The van der Waals surface area contributed by atoms with Crippen molar-refractivity contribution in [3.8, 4) is 0 Å². The zero-order valence-corrected chi connectivity index (χ0v) is 15.8. The molecule has 0 spiro atoms. The molecule has 1 aromatic carbocycles. The third-order valence-electron chi connectivity index (χ3n) is 5.00. The molecule has 0 fully saturated rings. The number of hydrogen-bond donors (Lipinski definition) is 2. The fourth-order valence-corrected chi connectivity index (χ4v) is 3.42. The Morgan fingerprint density at radius 2 is 1.50 bits per heavy atom. The van der Waals surface area contributed by atoms with E-state index in [0.717, 1.165) is 14.1 Å². The van der Waals surface area contributed by atoms with Gasteiger partial charge in [-0.3, -0.25) is 18.9 Å². The van der Waals surface area contributed by atoms with Crippen LogP contribution in [0.3, 0.4) is 0 Å². The van der Waals surface area contributed by atoms with E-state index < -0.39 is 46.4 Å². The molecule has 0 radical (unpaired) electrons. The van der Waals surface area contributed by atoms with Crippen molar-refractivity contribution < 1.29 is 31.3 Å². The van der Waals surface area contributed by atoms with Crippen LogP contribution in [0.5, 0.6) is 0 Å². The minimum Gasteiger partial charge on any atom is -0.268 e. The molecule has 0 saturated heterocycles. The largest absolute Gasteiger partial charge is 0.446 e. The van der Waals surface area contributed by atoms with Gasteiger partial charge in [0.1, 0.15) is 5.56 Å². The van der Waals surface area contributed by atoms with Crippen LogP contribution in [-0.4, -0.2) is 27.3 Å². The number of aryl methyl sites for hydroxylation is 1. The summed E-state index contributed by atoms with van der Waals surface area (Å²) in [5, 5.41) is 2.40. The van der Waals surface area contributed by atoms with Gasteiger partial charge in [0.05, 0.1) is 6.42 Å². The van der Waals surface area contributed by atoms with Gasteiger partial charge in [0, 0.05) is 14.1 Å². The summed E-state index contributed by atoms with van der Waals surface area (Å²) in [6.07, 6.45) is -12.0. The number of rotatable bonds is 3. The first-order valence-electron chi connectivity index (χ1n) is 8.70. The Bertz CT molecular complexity index is 1100. The summed E-state index contributed by atoms with van der Waals surface area (Å²) in [5.41, 5.74) is -8.37. The van der Waals surface area contributed by atoms with Gasteiger partial charge in [-0.05, 0) is 12.0 Å². The number of aromatic nitrogens is 2. The molecule has 0 aliphatic carbocycles. The maximum Gasteiger partial charge on any atom is 0.446 e. The van der Waals surface area contributed by atoms with Gasteiger partial charge in [0.25, 0.3) is 5.56 Å². The average Bonchev–Trinajstić information content (AvgIpc) is 2.67. The topological polar surface area (TPSA) is 70.0 Å². The zero-order chi connectivity index (χ0) is 22.5. The smallest absolute Gasteiger partial charge is 0.268 e. The lowest BCUT2D eigenvalue weighted by Gasteiger charge is -2.35. The van der Waals surface area contributed by atoms with E-state index >= 15 is 0 Å². The zero-order valence-electron chi connectivity index (χ0n) is 15.8. The number of hydrogen-bond acceptors (Lipinski definition) is 3. The third kappa shape index (κ3) is 3.19. The molecule has 1 aliphatic rings. The fourth-order valence-electron chi connectivity index (χ4n) is 3.42. The first kappa shape index (κ1) is 21.7. The Morgan fingerprint density at radius 1 is 0.933 bits per heavy atom. The number of nitrogens with zero attached hydrogens (tertiary/aromatic N) is 2. The first-order valence-corrected chi connectivity index (χ1v) is 8.70. The molecule has 2 N–H and O–H groups in total. The van der Waals surface area contributed by atoms with Crippen molar-refractivity contribution in [2.24, 2.45) is 14.1 Å². The quantitative estimate of drug-likeness (QED) is 0.706. The highest BCUT2D eigenvalue weighted by atomic mass is 19.4. The Kier molecular flexibility index (Phi) is 5.07. The lowest BCUT2D eigenvalue weighted by molar-refractivity contribution is -0.659. The molecule has 12 heteroatoms. The summed E-state index contributed by atoms with van der Waals surface area (Å²) in [4.78, 5) is 26.1. The lowest BCUT2D eigenvalue weighted by Crippen LogP contribution is -2.97. The molecule has 1 aliphatic heterocycles. The fraction of sp³-hybridized carbons (Fsp3) is 0.389. The Balaban J connectivity index is 2.28. The van der Waals surface area contributed by atoms with Crippen LogP contribution >= 0.6 is 0 Å². The highest BCUT2D eigenvalue weighted by Gasteiger charge is 2.78. The van der Waals surface area contributed by atoms with Crippen LogP contribution in [0.15, 0.2) is 39.9 Å². The molecule has 0 saturated carbocycles. The van der Waals surface area contributed by atoms with Crippen LogP contribution in [-0.2, 0) is 26.1 Å². The second-order valence-corrected chi connectivity index (χ2v) is 6.89. The molecule has 1 aromatic heterocycles. The molecule has 6 nitrogen and oxygen atoms in total. The molecule has 3 rings (SSSR count). The molecule has 0 bridgehead atoms. The SMILES string of the molecule is Cn1c2c(c(=O)n(C)c1=O)C(C(F)(F)F)(C(F)(F)F)[NH+]=C(CCc1ccccc1)N2. The summed E-state index contributed by atoms with van der Waals surface area (Å²) in [5.74, 6) is -1.36. The molecule has 30 heavy (non-hydrogen) atoms. The number of nitrogens with one attached hydrogen (secondary N) is 2. The van der Waals surface area contributed by atoms with E-state index in [9.17, 15) is 35.9 Å². The Labute approximate surface area is 165 Å². The minimum absolute atomic E-state index is 0.121. The number of alkyl halides is 6. The van der Waals surface area contributed by atoms with Gasteiger partial charge in [0.15, 0.2) is 0 Å². The van der Waals surface area contributed by atoms with E-state index in [0.29, 0.717) is 10.1 Å². The van der Waals surface area contributed by atoms with Crippen molar-refractivity contribution in [2.45, 2.75) is 30.7 Å². The van der Waals surface area contributed by atoms with Crippen molar-refractivity contribution in [1.82, 2.24) is 9.13 Å². The number of anilines is 1. The normalized spacial score (nSPS) is 15.9. The molecule has 0 atom stereocenters. The summed E-state index contributed by atoms with van der Waals surface area (Å²) < 4.78 is 84.7. The Hall–Kier alpha value is -3.05. The van der Waals surface area contributed by atoms with E-state index in [4.69, 9.17) is 0 Å². The van der Waals surface area contributed by atoms with Gasteiger partial charge < -0.3 is 0 Å². The van der Waals surface area contributed by atoms with E-state index in [1.807, 2.05) is 0 Å². The van der Waals surface area contributed by atoms with E-state index in [1.54, 1.807) is 30.3 Å². The van der Waals surface area contributed by atoms with Crippen molar-refractivity contribution in [3.05, 3.63) is 62.3 Å². The van der Waals surface area contributed by atoms with Crippen LogP contribution < -0.4 is 21.6 Å². The van der Waals surface area contributed by atoms with Gasteiger partial charge in [-0.15, -0.1) is 0 Å². The molecular formula is C18H17F6N4O2+. The van der Waals surface area contributed by atoms with Crippen LogP contribution in [0.2, 0.25) is 0 Å². The maximum absolute atomic E-state index is 14.0. The van der Waals surface area contributed by atoms with Gasteiger partial charge >= 0.3 is 23.6 Å². The molecule has 2 aromatic rings. The summed E-state index contributed by atoms with van der Waals surface area (Å²) in [7, 11) is 1.81. The number of halogens is 6. The second kappa shape index (κ2) is 7.03. The lowest BCUT2D eigenvalue weighted by atomic mass is 9.87. The van der Waals surface area contributed by atoms with Crippen LogP contribution in [0.1, 0.15) is 17.5 Å². The van der Waals surface area contributed by atoms with Crippen molar-refractivity contribution in [2.75, 3.05) is 5.32 Å². The molecule has 162 valence electrons. The Morgan fingerprint density at radius 3 is 2.03 bits per heavy atom. The highest BCUT2D eigenvalue weighted by molar-refractivity contribution is 5.92. The van der Waals surface area contributed by atoms with E-state index in [-0.39, 0.29) is 17.4 Å². The van der Waals surface area contributed by atoms with Crippen LogP contribution in [0, 0.1) is 0 Å². The molecule has 0 amide bonds. The number of fused-ring (bicyclic) bond motifs is 1. The second-order valence-electron chi connectivity index (χ2n) is 6.89. The predicted octanol–water partition coefficient (Wildman–Crippen LogP) is 0.941. The summed E-state index contributed by atoms with van der Waals surface area (Å²) in [6, 6.07) is 8.42. The van der Waals surface area contributed by atoms with Crippen molar-refractivity contribution in [1.29, 1.82) is 0 Å². The molecule has 0 unspecified atom stereocenters. The van der Waals surface area contributed by atoms with Crippen molar-refractivity contribution in [3.63, 3.8) is 0 Å².